The van der Waals surface area contributed by atoms with E-state index in [-0.39, 0.29) is 11.8 Å². The first-order chi connectivity index (χ1) is 10.0. The van der Waals surface area contributed by atoms with Gasteiger partial charge in [0.15, 0.2) is 9.84 Å². The van der Waals surface area contributed by atoms with Gasteiger partial charge in [-0.1, -0.05) is 12.1 Å². The van der Waals surface area contributed by atoms with Crippen molar-refractivity contribution in [2.45, 2.75) is 32.2 Å². The molecule has 1 aliphatic rings. The molecule has 21 heavy (non-hydrogen) atoms. The smallest absolute Gasteiger partial charge is 0.152 e. The second-order valence-electron chi connectivity index (χ2n) is 5.69. The Balaban J connectivity index is 2.17. The van der Waals surface area contributed by atoms with Crippen LogP contribution in [-0.4, -0.2) is 35.4 Å². The fraction of sp³-hybridized carbons (Fsp3) is 0.533. The molecule has 0 N–H and O–H groups in total. The number of alkyl halides is 1. The zero-order valence-corrected chi connectivity index (χ0v) is 13.6. The number of fused-ring (bicyclic) bond motifs is 1. The van der Waals surface area contributed by atoms with Gasteiger partial charge in [-0.3, -0.25) is 0 Å². The van der Waals surface area contributed by atoms with Crippen molar-refractivity contribution in [3.63, 3.8) is 0 Å². The molecule has 0 saturated carbocycles. The molecule has 2 aromatic rings. The summed E-state index contributed by atoms with van der Waals surface area (Å²) in [5, 5.41) is 0. The third-order valence-electron chi connectivity index (χ3n) is 4.11. The van der Waals surface area contributed by atoms with Gasteiger partial charge in [-0.25, -0.2) is 13.4 Å². The van der Waals surface area contributed by atoms with E-state index in [1.165, 1.54) is 0 Å². The molecule has 0 bridgehead atoms. The number of hydrogen-bond donors (Lipinski definition) is 0. The van der Waals surface area contributed by atoms with Crippen molar-refractivity contribution in [1.29, 1.82) is 0 Å². The largest absolute Gasteiger partial charge is 0.324 e. The van der Waals surface area contributed by atoms with Gasteiger partial charge >= 0.3 is 0 Å². The quantitative estimate of drug-likeness (QED) is 0.815. The second kappa shape index (κ2) is 5.61. The van der Waals surface area contributed by atoms with Crippen LogP contribution in [0, 0.1) is 6.92 Å². The molecular weight excluding hydrogens is 308 g/mol. The van der Waals surface area contributed by atoms with Gasteiger partial charge in [0.25, 0.3) is 0 Å². The fourth-order valence-corrected chi connectivity index (χ4v) is 5.07. The summed E-state index contributed by atoms with van der Waals surface area (Å²) < 4.78 is 26.1. The zero-order valence-electron chi connectivity index (χ0n) is 12.0. The molecule has 1 aliphatic heterocycles. The highest BCUT2D eigenvalue weighted by molar-refractivity contribution is 7.91. The summed E-state index contributed by atoms with van der Waals surface area (Å²) in [7, 11) is -2.95. The normalized spacial score (nSPS) is 21.7. The van der Waals surface area contributed by atoms with E-state index in [1.807, 2.05) is 25.1 Å². The van der Waals surface area contributed by atoms with Gasteiger partial charge in [-0.2, -0.15) is 0 Å². The predicted molar refractivity (Wildman–Crippen MR) is 85.8 cm³/mol. The number of aromatic nitrogens is 2. The summed E-state index contributed by atoms with van der Waals surface area (Å²) in [6.07, 6.45) is 2.26. The lowest BCUT2D eigenvalue weighted by Crippen LogP contribution is -2.28. The predicted octanol–water partition coefficient (Wildman–Crippen LogP) is 2.88. The third-order valence-corrected chi connectivity index (χ3v) is 6.10. The van der Waals surface area contributed by atoms with Crippen LogP contribution in [0.2, 0.25) is 0 Å². The van der Waals surface area contributed by atoms with Gasteiger partial charge < -0.3 is 4.57 Å². The molecule has 1 saturated heterocycles. The second-order valence-corrected chi connectivity index (χ2v) is 8.30. The minimum absolute atomic E-state index is 0.0203. The molecular formula is C15H19ClN2O2S. The minimum atomic E-state index is -2.95. The van der Waals surface area contributed by atoms with Crippen molar-refractivity contribution < 1.29 is 8.42 Å². The standard InChI is InChI=1S/C15H19ClN2O2S/c1-11-4-2-6-13-15(11)18(14(17-13)7-8-16)12-5-3-9-21(19,20)10-12/h2,4,6,12H,3,5,7-10H2,1H3. The molecule has 6 heteroatoms. The Bertz CT molecular complexity index is 767. The van der Waals surface area contributed by atoms with Gasteiger partial charge in [0.2, 0.25) is 0 Å². The highest BCUT2D eigenvalue weighted by atomic mass is 35.5. The minimum Gasteiger partial charge on any atom is -0.324 e. The van der Waals surface area contributed by atoms with Crippen molar-refractivity contribution in [3.8, 4) is 0 Å². The first-order valence-corrected chi connectivity index (χ1v) is 9.60. The van der Waals surface area contributed by atoms with E-state index in [0.29, 0.717) is 18.1 Å². The van der Waals surface area contributed by atoms with Crippen LogP contribution in [-0.2, 0) is 16.3 Å². The maximum atomic E-state index is 12.0. The molecule has 1 fully saturated rings. The zero-order chi connectivity index (χ0) is 15.0. The summed E-state index contributed by atoms with van der Waals surface area (Å²) in [5.74, 6) is 1.90. The third kappa shape index (κ3) is 2.81. The van der Waals surface area contributed by atoms with Crippen LogP contribution in [0.1, 0.15) is 30.3 Å². The lowest BCUT2D eigenvalue weighted by atomic mass is 10.1. The van der Waals surface area contributed by atoms with Crippen molar-refractivity contribution in [1.82, 2.24) is 9.55 Å². The van der Waals surface area contributed by atoms with E-state index in [0.717, 1.165) is 35.3 Å². The number of benzene rings is 1. The highest BCUT2D eigenvalue weighted by Gasteiger charge is 2.29. The number of aryl methyl sites for hydroxylation is 2. The van der Waals surface area contributed by atoms with Crippen molar-refractivity contribution in [3.05, 3.63) is 29.6 Å². The summed E-state index contributed by atoms with van der Waals surface area (Å²) in [4.78, 5) is 4.67. The Labute approximate surface area is 130 Å². The topological polar surface area (TPSA) is 52.0 Å². The lowest BCUT2D eigenvalue weighted by molar-refractivity contribution is 0.467. The highest BCUT2D eigenvalue weighted by Crippen LogP contribution is 2.30. The molecule has 4 nitrogen and oxygen atoms in total. The lowest BCUT2D eigenvalue weighted by Gasteiger charge is -2.26. The van der Waals surface area contributed by atoms with E-state index >= 15 is 0 Å². The van der Waals surface area contributed by atoms with Crippen LogP contribution in [0.3, 0.4) is 0 Å². The maximum Gasteiger partial charge on any atom is 0.152 e. The van der Waals surface area contributed by atoms with Crippen LogP contribution >= 0.6 is 11.6 Å². The average molecular weight is 327 g/mol. The van der Waals surface area contributed by atoms with Crippen LogP contribution < -0.4 is 0 Å². The van der Waals surface area contributed by atoms with Gasteiger partial charge in [-0.05, 0) is 31.4 Å². The summed E-state index contributed by atoms with van der Waals surface area (Å²) in [6.45, 7) is 2.04. The average Bonchev–Trinajstić information content (AvgIpc) is 2.77. The first kappa shape index (κ1) is 14.9. The SMILES string of the molecule is Cc1cccc2nc(CCCl)n(C3CCCS(=O)(=O)C3)c12. The summed E-state index contributed by atoms with van der Waals surface area (Å²) in [6, 6.07) is 5.99. The molecule has 114 valence electrons. The number of imidazole rings is 1. The number of para-hydroxylation sites is 1. The number of hydrogen-bond acceptors (Lipinski definition) is 3. The Kier molecular flexibility index (Phi) is 3.97. The molecule has 0 radical (unpaired) electrons. The van der Waals surface area contributed by atoms with Gasteiger partial charge in [-0.15, -0.1) is 11.6 Å². The van der Waals surface area contributed by atoms with E-state index in [9.17, 15) is 8.42 Å². The van der Waals surface area contributed by atoms with E-state index in [2.05, 4.69) is 9.55 Å². The molecule has 0 spiro atoms. The Hall–Kier alpha value is -1.07. The Morgan fingerprint density at radius 2 is 2.24 bits per heavy atom. The Morgan fingerprint density at radius 1 is 1.43 bits per heavy atom. The molecule has 0 amide bonds. The fourth-order valence-electron chi connectivity index (χ4n) is 3.23. The molecule has 1 unspecified atom stereocenters. The van der Waals surface area contributed by atoms with E-state index in [1.54, 1.807) is 0 Å². The van der Waals surface area contributed by atoms with E-state index in [4.69, 9.17) is 11.6 Å². The van der Waals surface area contributed by atoms with Crippen LogP contribution in [0.25, 0.3) is 11.0 Å². The molecule has 0 aliphatic carbocycles. The van der Waals surface area contributed by atoms with Gasteiger partial charge in [0, 0.05) is 18.3 Å². The molecule has 1 aromatic heterocycles. The molecule has 1 aromatic carbocycles. The van der Waals surface area contributed by atoms with E-state index < -0.39 is 9.84 Å². The van der Waals surface area contributed by atoms with Gasteiger partial charge in [0.05, 0.1) is 22.5 Å². The first-order valence-electron chi connectivity index (χ1n) is 7.24. The monoisotopic (exact) mass is 326 g/mol. The number of rotatable bonds is 3. The van der Waals surface area contributed by atoms with Gasteiger partial charge in [0.1, 0.15) is 5.82 Å². The number of halogens is 1. The number of sulfone groups is 1. The summed E-state index contributed by atoms with van der Waals surface area (Å²) >= 11 is 5.90. The van der Waals surface area contributed by atoms with Crippen molar-refractivity contribution >= 4 is 32.5 Å². The van der Waals surface area contributed by atoms with Crippen molar-refractivity contribution in [2.24, 2.45) is 0 Å². The Morgan fingerprint density at radius 3 is 2.95 bits per heavy atom. The molecule has 3 rings (SSSR count). The van der Waals surface area contributed by atoms with Crippen LogP contribution in [0.4, 0.5) is 0 Å². The van der Waals surface area contributed by atoms with Crippen LogP contribution in [0.15, 0.2) is 18.2 Å². The number of nitrogens with zero attached hydrogens (tertiary/aromatic N) is 2. The molecule has 2 heterocycles. The van der Waals surface area contributed by atoms with Crippen LogP contribution in [0.5, 0.6) is 0 Å². The molecule has 1 atom stereocenters. The maximum absolute atomic E-state index is 12.0. The summed E-state index contributed by atoms with van der Waals surface area (Å²) in [5.41, 5.74) is 3.11. The van der Waals surface area contributed by atoms with Crippen molar-refractivity contribution in [2.75, 3.05) is 17.4 Å².